The average molecular weight is 521 g/mol. The van der Waals surface area contributed by atoms with Crippen molar-refractivity contribution in [1.82, 2.24) is 5.01 Å². The number of anilines is 1. The maximum Gasteiger partial charge on any atom is 0.262 e. The Balaban J connectivity index is 1.35. The summed E-state index contributed by atoms with van der Waals surface area (Å²) in [6.07, 6.45) is 0.556. The molecule has 2 atom stereocenters. The number of aliphatic imine (C=N–C) groups is 1. The van der Waals surface area contributed by atoms with E-state index in [-0.39, 0.29) is 30.1 Å². The highest BCUT2D eigenvalue weighted by Crippen LogP contribution is 2.38. The van der Waals surface area contributed by atoms with Gasteiger partial charge in [-0.25, -0.2) is 9.40 Å². The lowest BCUT2D eigenvalue weighted by Gasteiger charge is -2.23. The summed E-state index contributed by atoms with van der Waals surface area (Å²) in [5, 5.41) is 9.71. The third kappa shape index (κ3) is 5.34. The van der Waals surface area contributed by atoms with Crippen molar-refractivity contribution in [3.8, 4) is 0 Å². The lowest BCUT2D eigenvalue weighted by molar-refractivity contribution is -0.121. The van der Waals surface area contributed by atoms with Crippen molar-refractivity contribution in [1.29, 1.82) is 0 Å². The van der Waals surface area contributed by atoms with Crippen LogP contribution in [0.25, 0.3) is 0 Å². The number of amidine groups is 1. The van der Waals surface area contributed by atoms with Gasteiger partial charge in [0.2, 0.25) is 5.91 Å². The van der Waals surface area contributed by atoms with Crippen LogP contribution in [0.15, 0.2) is 82.9 Å². The van der Waals surface area contributed by atoms with Crippen LogP contribution >= 0.6 is 23.4 Å². The molecule has 2 heterocycles. The lowest BCUT2D eigenvalue weighted by atomic mass is 9.98. The highest BCUT2D eigenvalue weighted by Gasteiger charge is 2.39. The molecule has 3 aromatic rings. The number of carbonyl (C=O) groups is 2. The van der Waals surface area contributed by atoms with Gasteiger partial charge in [0.1, 0.15) is 11.1 Å². The second kappa shape index (κ2) is 10.2. The summed E-state index contributed by atoms with van der Waals surface area (Å²) in [6, 6.07) is 20.9. The zero-order valence-electron chi connectivity index (χ0n) is 19.3. The summed E-state index contributed by atoms with van der Waals surface area (Å²) in [7, 11) is 0. The van der Waals surface area contributed by atoms with E-state index < -0.39 is 5.25 Å². The first-order valence-corrected chi connectivity index (χ1v) is 12.7. The molecule has 0 radical (unpaired) electrons. The monoisotopic (exact) mass is 520 g/mol. The van der Waals surface area contributed by atoms with Crippen molar-refractivity contribution in [3.63, 3.8) is 0 Å². The molecule has 0 aliphatic carbocycles. The van der Waals surface area contributed by atoms with Crippen LogP contribution in [0, 0.1) is 12.7 Å². The van der Waals surface area contributed by atoms with Crippen LogP contribution in [0.1, 0.15) is 35.6 Å². The normalized spacial score (nSPS) is 19.3. The molecule has 6 nitrogen and oxygen atoms in total. The number of rotatable bonds is 5. The number of carbonyl (C=O) groups excluding carboxylic acids is 2. The molecule has 0 unspecified atom stereocenters. The molecule has 2 aliphatic rings. The Labute approximate surface area is 217 Å². The Bertz CT molecular complexity index is 1360. The molecule has 1 N–H and O–H groups in total. The van der Waals surface area contributed by atoms with Gasteiger partial charge in [-0.3, -0.25) is 9.59 Å². The zero-order chi connectivity index (χ0) is 25.2. The van der Waals surface area contributed by atoms with Crippen LogP contribution in [0.4, 0.5) is 10.1 Å². The molecule has 0 saturated carbocycles. The molecule has 0 fully saturated rings. The zero-order valence-corrected chi connectivity index (χ0v) is 20.9. The number of hydrogen-bond acceptors (Lipinski definition) is 5. The summed E-state index contributed by atoms with van der Waals surface area (Å²) in [5.41, 5.74) is 4.36. The minimum absolute atomic E-state index is 0.0172. The first kappa shape index (κ1) is 24.2. The van der Waals surface area contributed by atoms with E-state index in [0.717, 1.165) is 22.4 Å². The van der Waals surface area contributed by atoms with Gasteiger partial charge in [-0.1, -0.05) is 65.3 Å². The molecule has 0 bridgehead atoms. The second-order valence-corrected chi connectivity index (χ2v) is 10.2. The molecule has 182 valence electrons. The van der Waals surface area contributed by atoms with Gasteiger partial charge in [0, 0.05) is 23.6 Å². The number of benzene rings is 3. The van der Waals surface area contributed by atoms with Crippen LogP contribution in [0.3, 0.4) is 0 Å². The Morgan fingerprint density at radius 1 is 1.08 bits per heavy atom. The summed E-state index contributed by atoms with van der Waals surface area (Å²) >= 11 is 7.13. The third-order valence-corrected chi connectivity index (χ3v) is 7.37. The fraction of sp³-hybridized carbons (Fsp3) is 0.185. The van der Waals surface area contributed by atoms with E-state index in [0.29, 0.717) is 22.3 Å². The summed E-state index contributed by atoms with van der Waals surface area (Å²) in [4.78, 5) is 29.6. The molecule has 2 amide bonds. The predicted octanol–water partition coefficient (Wildman–Crippen LogP) is 5.97. The molecule has 3 aromatic carbocycles. The molecule has 36 heavy (non-hydrogen) atoms. The fourth-order valence-corrected chi connectivity index (χ4v) is 5.26. The Kier molecular flexibility index (Phi) is 6.89. The molecule has 9 heteroatoms. The molecular weight excluding hydrogens is 499 g/mol. The lowest BCUT2D eigenvalue weighted by Crippen LogP contribution is -2.25. The van der Waals surface area contributed by atoms with Gasteiger partial charge >= 0.3 is 0 Å². The Morgan fingerprint density at radius 3 is 2.47 bits per heavy atom. The average Bonchev–Trinajstić information content (AvgIpc) is 3.45. The third-order valence-electron chi connectivity index (χ3n) is 5.97. The minimum Gasteiger partial charge on any atom is -0.326 e. The molecule has 2 aliphatic heterocycles. The van der Waals surface area contributed by atoms with Crippen molar-refractivity contribution < 1.29 is 14.0 Å². The molecule has 5 rings (SSSR count). The van der Waals surface area contributed by atoms with E-state index in [9.17, 15) is 14.0 Å². The van der Waals surface area contributed by atoms with Crippen molar-refractivity contribution in [2.45, 2.75) is 31.1 Å². The number of aryl methyl sites for hydroxylation is 1. The van der Waals surface area contributed by atoms with E-state index in [1.165, 1.54) is 23.9 Å². The number of halogens is 2. The molecule has 0 spiro atoms. The SMILES string of the molecule is Cc1ccc([C@@H]2CC(c3ccc(F)cc3)=NN2C2=NC(=O)[C@@H](CC(=O)Nc3ccc(Cl)cc3)S2)cc1. The maximum absolute atomic E-state index is 13.5. The van der Waals surface area contributed by atoms with E-state index >= 15 is 0 Å². The topological polar surface area (TPSA) is 74.1 Å². The van der Waals surface area contributed by atoms with E-state index in [1.54, 1.807) is 41.4 Å². The molecule has 0 aromatic heterocycles. The van der Waals surface area contributed by atoms with Gasteiger partial charge in [0.05, 0.1) is 11.8 Å². The first-order valence-electron chi connectivity index (χ1n) is 11.4. The predicted molar refractivity (Wildman–Crippen MR) is 142 cm³/mol. The van der Waals surface area contributed by atoms with Crippen molar-refractivity contribution in [2.75, 3.05) is 5.32 Å². The highest BCUT2D eigenvalue weighted by atomic mass is 35.5. The van der Waals surface area contributed by atoms with Crippen LogP contribution in [-0.2, 0) is 9.59 Å². The first-order chi connectivity index (χ1) is 17.4. The minimum atomic E-state index is -0.643. The van der Waals surface area contributed by atoms with Gasteiger partial charge in [-0.2, -0.15) is 10.1 Å². The van der Waals surface area contributed by atoms with Gasteiger partial charge in [0.25, 0.3) is 5.91 Å². The fourth-order valence-electron chi connectivity index (χ4n) is 4.07. The molecular formula is C27H22ClFN4O2S. The van der Waals surface area contributed by atoms with Gasteiger partial charge in [-0.05, 0) is 54.4 Å². The largest absolute Gasteiger partial charge is 0.326 e. The highest BCUT2D eigenvalue weighted by molar-refractivity contribution is 8.15. The summed E-state index contributed by atoms with van der Waals surface area (Å²) in [6.45, 7) is 2.02. The van der Waals surface area contributed by atoms with E-state index in [1.807, 2.05) is 31.2 Å². The van der Waals surface area contributed by atoms with Crippen molar-refractivity contribution in [3.05, 3.63) is 100 Å². The quantitative estimate of drug-likeness (QED) is 0.450. The number of nitrogens with zero attached hydrogens (tertiary/aromatic N) is 3. The maximum atomic E-state index is 13.5. The van der Waals surface area contributed by atoms with E-state index in [4.69, 9.17) is 16.7 Å². The Hall–Kier alpha value is -3.49. The number of amides is 2. The number of thioether (sulfide) groups is 1. The number of hydrazone groups is 1. The number of hydrogen-bond donors (Lipinski definition) is 1. The standard InChI is InChI=1S/C27H22ClFN4O2S/c1-16-2-4-18(5-3-16)23-14-22(17-6-10-20(29)11-7-17)32-33(23)27-31-26(35)24(36-27)15-25(34)30-21-12-8-19(28)9-13-21/h2-13,23-24H,14-15H2,1H3,(H,30,34)/t23-,24+/m0/s1. The molecule has 0 saturated heterocycles. The smallest absolute Gasteiger partial charge is 0.262 e. The van der Waals surface area contributed by atoms with Crippen molar-refractivity contribution in [2.24, 2.45) is 10.1 Å². The Morgan fingerprint density at radius 2 is 1.78 bits per heavy atom. The number of nitrogens with one attached hydrogen (secondary N) is 1. The van der Waals surface area contributed by atoms with Crippen LogP contribution in [0.2, 0.25) is 5.02 Å². The van der Waals surface area contributed by atoms with Crippen LogP contribution in [0.5, 0.6) is 0 Å². The van der Waals surface area contributed by atoms with Crippen molar-refractivity contribution >= 4 is 51.7 Å². The van der Waals surface area contributed by atoms with Crippen LogP contribution in [-0.4, -0.2) is 33.0 Å². The van der Waals surface area contributed by atoms with Gasteiger partial charge in [-0.15, -0.1) is 0 Å². The second-order valence-electron chi connectivity index (χ2n) is 8.63. The van der Waals surface area contributed by atoms with E-state index in [2.05, 4.69) is 10.3 Å². The summed E-state index contributed by atoms with van der Waals surface area (Å²) in [5.74, 6) is -0.966. The summed E-state index contributed by atoms with van der Waals surface area (Å²) < 4.78 is 13.5. The van der Waals surface area contributed by atoms with Crippen LogP contribution < -0.4 is 5.32 Å². The van der Waals surface area contributed by atoms with Gasteiger partial charge in [0.15, 0.2) is 5.17 Å². The van der Waals surface area contributed by atoms with Gasteiger partial charge < -0.3 is 5.32 Å².